The standard InChI is InChI=1S/C13H12.CH4/c1-3-12-10(2)8-9-11-6-4-5-7-13(11)12;/h3-9H,2H2,1H3;1H4/b12-3+;. The lowest BCUT2D eigenvalue weighted by atomic mass is 10.1. The molecule has 0 N–H and O–H groups in total. The van der Waals surface area contributed by atoms with Crippen LogP contribution in [0.5, 0.6) is 0 Å². The zero-order valence-electron chi connectivity index (χ0n) is 7.75. The zero-order valence-corrected chi connectivity index (χ0v) is 7.75. The Morgan fingerprint density at radius 1 is 1.07 bits per heavy atom. The molecule has 0 atom stereocenters. The van der Waals surface area contributed by atoms with Gasteiger partial charge in [-0.2, -0.15) is 0 Å². The lowest BCUT2D eigenvalue weighted by Crippen LogP contribution is -2.22. The normalized spacial score (nSPS) is 11.4. The minimum atomic E-state index is 0. The summed E-state index contributed by atoms with van der Waals surface area (Å²) in [5.41, 5.74) is 0. The third-order valence-corrected chi connectivity index (χ3v) is 2.35. The third-order valence-electron chi connectivity index (χ3n) is 2.35. The van der Waals surface area contributed by atoms with E-state index in [1.807, 2.05) is 0 Å². The van der Waals surface area contributed by atoms with Crippen LogP contribution in [0.4, 0.5) is 0 Å². The smallest absolute Gasteiger partial charge is 0.0109 e. The maximum Gasteiger partial charge on any atom is -0.0109 e. The van der Waals surface area contributed by atoms with E-state index >= 15 is 0 Å². The second kappa shape index (κ2) is 4.10. The van der Waals surface area contributed by atoms with Gasteiger partial charge in [0.1, 0.15) is 0 Å². The lowest BCUT2D eigenvalue weighted by molar-refractivity contribution is 1.58. The van der Waals surface area contributed by atoms with Gasteiger partial charge in [-0.3, -0.25) is 0 Å². The van der Waals surface area contributed by atoms with Crippen LogP contribution in [0, 0.1) is 0 Å². The highest BCUT2D eigenvalue weighted by Gasteiger charge is 1.92. The van der Waals surface area contributed by atoms with E-state index in [4.69, 9.17) is 0 Å². The molecule has 0 aliphatic rings. The van der Waals surface area contributed by atoms with Gasteiger partial charge >= 0.3 is 0 Å². The summed E-state index contributed by atoms with van der Waals surface area (Å²) in [4.78, 5) is 0. The van der Waals surface area contributed by atoms with Gasteiger partial charge in [0.2, 0.25) is 0 Å². The molecule has 2 rings (SSSR count). The minimum absolute atomic E-state index is 0. The molecule has 14 heavy (non-hydrogen) atoms. The van der Waals surface area contributed by atoms with Gasteiger partial charge in [0.15, 0.2) is 0 Å². The van der Waals surface area contributed by atoms with Crippen LogP contribution < -0.4 is 10.4 Å². The highest BCUT2D eigenvalue weighted by Crippen LogP contribution is 2.05. The van der Waals surface area contributed by atoms with Crippen LogP contribution in [0.1, 0.15) is 14.4 Å². The zero-order chi connectivity index (χ0) is 9.26. The molecule has 0 radical (unpaired) electrons. The van der Waals surface area contributed by atoms with Gasteiger partial charge in [0, 0.05) is 0 Å². The summed E-state index contributed by atoms with van der Waals surface area (Å²) < 4.78 is 0. The quantitative estimate of drug-likeness (QED) is 0.590. The SMILES string of the molecule is C.C=c1ccc2ccccc2/c1=C/C. The first kappa shape index (κ1) is 10.5. The van der Waals surface area contributed by atoms with E-state index < -0.39 is 0 Å². The van der Waals surface area contributed by atoms with Gasteiger partial charge in [0.25, 0.3) is 0 Å². The van der Waals surface area contributed by atoms with Gasteiger partial charge < -0.3 is 0 Å². The summed E-state index contributed by atoms with van der Waals surface area (Å²) in [6.07, 6.45) is 2.12. The van der Waals surface area contributed by atoms with Crippen molar-refractivity contribution in [2.75, 3.05) is 0 Å². The van der Waals surface area contributed by atoms with E-state index in [0.717, 1.165) is 5.22 Å². The molecule has 2 aromatic rings. The average molecular weight is 184 g/mol. The molecule has 0 bridgehead atoms. The molecule has 0 aliphatic carbocycles. The first-order valence-electron chi connectivity index (χ1n) is 4.46. The van der Waals surface area contributed by atoms with Crippen LogP contribution >= 0.6 is 0 Å². The van der Waals surface area contributed by atoms with E-state index in [2.05, 4.69) is 56.0 Å². The molecule has 0 aliphatic heterocycles. The molecule has 72 valence electrons. The Morgan fingerprint density at radius 2 is 1.79 bits per heavy atom. The van der Waals surface area contributed by atoms with Crippen molar-refractivity contribution in [3.05, 3.63) is 46.8 Å². The van der Waals surface area contributed by atoms with Crippen molar-refractivity contribution in [2.45, 2.75) is 14.4 Å². The Bertz CT molecular complexity index is 535. The summed E-state index contributed by atoms with van der Waals surface area (Å²) in [5, 5.41) is 4.92. The van der Waals surface area contributed by atoms with Crippen LogP contribution in [0.2, 0.25) is 0 Å². The van der Waals surface area contributed by atoms with Crippen LogP contribution in [-0.2, 0) is 0 Å². The molecular formula is C14H16. The van der Waals surface area contributed by atoms with Crippen LogP contribution in [0.15, 0.2) is 36.4 Å². The van der Waals surface area contributed by atoms with E-state index in [9.17, 15) is 0 Å². The van der Waals surface area contributed by atoms with Crippen LogP contribution in [-0.4, -0.2) is 0 Å². The molecule has 0 spiro atoms. The van der Waals surface area contributed by atoms with E-state index in [1.165, 1.54) is 16.0 Å². The second-order valence-corrected chi connectivity index (χ2v) is 3.15. The van der Waals surface area contributed by atoms with Crippen molar-refractivity contribution in [1.82, 2.24) is 0 Å². The lowest BCUT2D eigenvalue weighted by Gasteiger charge is -1.97. The molecular weight excluding hydrogens is 168 g/mol. The van der Waals surface area contributed by atoms with E-state index in [0.29, 0.717) is 0 Å². The highest BCUT2D eigenvalue weighted by atomic mass is 14.0. The third kappa shape index (κ3) is 1.56. The van der Waals surface area contributed by atoms with Gasteiger partial charge in [-0.25, -0.2) is 0 Å². The summed E-state index contributed by atoms with van der Waals surface area (Å²) >= 11 is 0. The van der Waals surface area contributed by atoms with Gasteiger partial charge in [0.05, 0.1) is 0 Å². The number of hydrogen-bond acceptors (Lipinski definition) is 0. The molecule has 0 fully saturated rings. The fourth-order valence-corrected chi connectivity index (χ4v) is 1.68. The molecule has 2 aromatic carbocycles. The van der Waals surface area contributed by atoms with Crippen LogP contribution in [0.25, 0.3) is 23.4 Å². The van der Waals surface area contributed by atoms with Gasteiger partial charge in [-0.1, -0.05) is 56.5 Å². The first-order chi connectivity index (χ1) is 6.33. The molecule has 0 saturated heterocycles. The fourth-order valence-electron chi connectivity index (χ4n) is 1.68. The van der Waals surface area contributed by atoms with Crippen molar-refractivity contribution in [3.8, 4) is 0 Å². The Kier molecular flexibility index (Phi) is 3.08. The number of fused-ring (bicyclic) bond motifs is 1. The molecule has 0 heterocycles. The Hall–Kier alpha value is -1.56. The molecule has 0 aromatic heterocycles. The summed E-state index contributed by atoms with van der Waals surface area (Å²) in [6.45, 7) is 6.06. The molecule has 0 nitrogen and oxygen atoms in total. The predicted molar refractivity (Wildman–Crippen MR) is 65.6 cm³/mol. The maximum atomic E-state index is 4.01. The van der Waals surface area contributed by atoms with Gasteiger partial charge in [-0.05, 0) is 28.1 Å². The topological polar surface area (TPSA) is 0 Å². The predicted octanol–water partition coefficient (Wildman–Crippen LogP) is 2.69. The molecule has 0 saturated carbocycles. The Labute approximate surface area is 85.2 Å². The maximum absolute atomic E-state index is 4.01. The largest absolute Gasteiger partial charge is 0.0911 e. The first-order valence-corrected chi connectivity index (χ1v) is 4.46. The number of benzene rings is 2. The summed E-state index contributed by atoms with van der Waals surface area (Å²) in [6, 6.07) is 12.6. The van der Waals surface area contributed by atoms with Crippen LogP contribution in [0.3, 0.4) is 0 Å². The Morgan fingerprint density at radius 3 is 2.50 bits per heavy atom. The van der Waals surface area contributed by atoms with Crippen molar-refractivity contribution in [2.24, 2.45) is 0 Å². The van der Waals surface area contributed by atoms with E-state index in [-0.39, 0.29) is 7.43 Å². The molecule has 0 amide bonds. The minimum Gasteiger partial charge on any atom is -0.0911 e. The number of hydrogen-bond donors (Lipinski definition) is 0. The van der Waals surface area contributed by atoms with Crippen molar-refractivity contribution in [1.29, 1.82) is 0 Å². The van der Waals surface area contributed by atoms with Crippen molar-refractivity contribution >= 4 is 23.4 Å². The summed E-state index contributed by atoms with van der Waals surface area (Å²) in [5.74, 6) is 0. The summed E-state index contributed by atoms with van der Waals surface area (Å²) in [7, 11) is 0. The van der Waals surface area contributed by atoms with Crippen molar-refractivity contribution in [3.63, 3.8) is 0 Å². The Balaban J connectivity index is 0.000000980. The monoisotopic (exact) mass is 184 g/mol. The second-order valence-electron chi connectivity index (χ2n) is 3.15. The van der Waals surface area contributed by atoms with Gasteiger partial charge in [-0.15, -0.1) is 0 Å². The fraction of sp³-hybridized carbons (Fsp3) is 0.143. The van der Waals surface area contributed by atoms with E-state index in [1.54, 1.807) is 0 Å². The average Bonchev–Trinajstić information content (AvgIpc) is 2.18. The molecule has 0 unspecified atom stereocenters. The highest BCUT2D eigenvalue weighted by molar-refractivity contribution is 5.83. The number of rotatable bonds is 0. The molecule has 0 heteroatoms. The van der Waals surface area contributed by atoms with Crippen molar-refractivity contribution < 1.29 is 0 Å².